The molecule has 0 saturated heterocycles. The van der Waals surface area contributed by atoms with Crippen LogP contribution in [0.3, 0.4) is 0 Å². The first-order valence-corrected chi connectivity index (χ1v) is 5.74. The summed E-state index contributed by atoms with van der Waals surface area (Å²) in [6, 6.07) is 1.34. The van der Waals surface area contributed by atoms with Crippen LogP contribution in [0.1, 0.15) is 29.6 Å². The molecule has 0 aromatic carbocycles. The standard InChI is InChI=1S/C12H15FN2O2/c13-10-7-14-5-4-9(10)12(17)15-6-8-2-1-3-11(8)16/h4-5,7-8,11,16H,1-3,6H2,(H,15,17). The van der Waals surface area contributed by atoms with Crippen molar-refractivity contribution in [1.29, 1.82) is 0 Å². The molecule has 0 aliphatic heterocycles. The molecule has 2 rings (SSSR count). The van der Waals surface area contributed by atoms with E-state index in [0.717, 1.165) is 25.5 Å². The highest BCUT2D eigenvalue weighted by molar-refractivity contribution is 5.94. The number of halogens is 1. The zero-order chi connectivity index (χ0) is 12.3. The molecule has 4 nitrogen and oxygen atoms in total. The van der Waals surface area contributed by atoms with Gasteiger partial charge in [0.25, 0.3) is 5.91 Å². The predicted octanol–water partition coefficient (Wildman–Crippen LogP) is 1.11. The number of pyridine rings is 1. The zero-order valence-corrected chi connectivity index (χ0v) is 9.40. The van der Waals surface area contributed by atoms with E-state index in [-0.39, 0.29) is 17.6 Å². The minimum Gasteiger partial charge on any atom is -0.393 e. The molecular weight excluding hydrogens is 223 g/mol. The Bertz CT molecular complexity index is 411. The molecule has 17 heavy (non-hydrogen) atoms. The van der Waals surface area contributed by atoms with Gasteiger partial charge in [0, 0.05) is 18.7 Å². The molecule has 1 aliphatic carbocycles. The molecule has 5 heteroatoms. The van der Waals surface area contributed by atoms with Crippen LogP contribution in [0.15, 0.2) is 18.5 Å². The summed E-state index contributed by atoms with van der Waals surface area (Å²) < 4.78 is 13.2. The van der Waals surface area contributed by atoms with Gasteiger partial charge in [-0.15, -0.1) is 0 Å². The first-order valence-electron chi connectivity index (χ1n) is 5.74. The number of hydrogen-bond acceptors (Lipinski definition) is 3. The zero-order valence-electron chi connectivity index (χ0n) is 9.40. The molecule has 2 atom stereocenters. The molecule has 1 amide bonds. The number of nitrogens with one attached hydrogen (secondary N) is 1. The summed E-state index contributed by atoms with van der Waals surface area (Å²) in [6.07, 6.45) is 4.70. The fourth-order valence-corrected chi connectivity index (χ4v) is 2.13. The van der Waals surface area contributed by atoms with Gasteiger partial charge in [0.15, 0.2) is 5.82 Å². The Balaban J connectivity index is 1.91. The lowest BCUT2D eigenvalue weighted by molar-refractivity contribution is 0.0913. The summed E-state index contributed by atoms with van der Waals surface area (Å²) in [7, 11) is 0. The second-order valence-electron chi connectivity index (χ2n) is 4.32. The summed E-state index contributed by atoms with van der Waals surface area (Å²) in [5, 5.41) is 12.2. The summed E-state index contributed by atoms with van der Waals surface area (Å²) in [5.74, 6) is -0.996. The maximum absolute atomic E-state index is 13.2. The Morgan fingerprint density at radius 3 is 3.06 bits per heavy atom. The van der Waals surface area contributed by atoms with Gasteiger partial charge in [0.2, 0.25) is 0 Å². The number of aromatic nitrogens is 1. The van der Waals surface area contributed by atoms with Gasteiger partial charge in [-0.05, 0) is 18.9 Å². The lowest BCUT2D eigenvalue weighted by atomic mass is 10.1. The van der Waals surface area contributed by atoms with Crippen molar-refractivity contribution in [3.63, 3.8) is 0 Å². The van der Waals surface area contributed by atoms with Gasteiger partial charge in [-0.25, -0.2) is 4.39 Å². The number of carbonyl (C=O) groups is 1. The Kier molecular flexibility index (Phi) is 3.68. The van der Waals surface area contributed by atoms with E-state index in [9.17, 15) is 14.3 Å². The SMILES string of the molecule is O=C(NCC1CCCC1O)c1ccncc1F. The number of rotatable bonds is 3. The number of carbonyl (C=O) groups excluding carboxylic acids is 1. The highest BCUT2D eigenvalue weighted by atomic mass is 19.1. The van der Waals surface area contributed by atoms with Crippen LogP contribution >= 0.6 is 0 Å². The number of amides is 1. The highest BCUT2D eigenvalue weighted by Crippen LogP contribution is 2.24. The van der Waals surface area contributed by atoms with Gasteiger partial charge in [0.1, 0.15) is 0 Å². The Hall–Kier alpha value is -1.49. The molecule has 92 valence electrons. The van der Waals surface area contributed by atoms with Crippen molar-refractivity contribution < 1.29 is 14.3 Å². The van der Waals surface area contributed by atoms with Crippen LogP contribution in [0.5, 0.6) is 0 Å². The van der Waals surface area contributed by atoms with Crippen LogP contribution in [0.25, 0.3) is 0 Å². The predicted molar refractivity (Wildman–Crippen MR) is 59.9 cm³/mol. The van der Waals surface area contributed by atoms with Crippen molar-refractivity contribution in [3.05, 3.63) is 29.8 Å². The van der Waals surface area contributed by atoms with Crippen molar-refractivity contribution in [3.8, 4) is 0 Å². The van der Waals surface area contributed by atoms with E-state index in [1.54, 1.807) is 0 Å². The fraction of sp³-hybridized carbons (Fsp3) is 0.500. The monoisotopic (exact) mass is 238 g/mol. The topological polar surface area (TPSA) is 62.2 Å². The molecule has 2 unspecified atom stereocenters. The van der Waals surface area contributed by atoms with Crippen molar-refractivity contribution in [2.75, 3.05) is 6.54 Å². The van der Waals surface area contributed by atoms with Gasteiger partial charge in [-0.3, -0.25) is 9.78 Å². The molecule has 2 N–H and O–H groups in total. The third-order valence-corrected chi connectivity index (χ3v) is 3.16. The Labute approximate surface area is 98.9 Å². The van der Waals surface area contributed by atoms with Crippen LogP contribution in [0.4, 0.5) is 4.39 Å². The molecule has 1 saturated carbocycles. The van der Waals surface area contributed by atoms with E-state index in [1.807, 2.05) is 0 Å². The Morgan fingerprint density at radius 1 is 1.59 bits per heavy atom. The van der Waals surface area contributed by atoms with E-state index in [4.69, 9.17) is 0 Å². The lowest BCUT2D eigenvalue weighted by Gasteiger charge is -2.15. The van der Waals surface area contributed by atoms with Crippen LogP contribution in [-0.2, 0) is 0 Å². The summed E-state index contributed by atoms with van der Waals surface area (Å²) >= 11 is 0. The first kappa shape index (κ1) is 12.0. The maximum Gasteiger partial charge on any atom is 0.254 e. The van der Waals surface area contributed by atoms with Gasteiger partial charge >= 0.3 is 0 Å². The van der Waals surface area contributed by atoms with Gasteiger partial charge < -0.3 is 10.4 Å². The van der Waals surface area contributed by atoms with E-state index < -0.39 is 11.7 Å². The number of hydrogen-bond donors (Lipinski definition) is 2. The van der Waals surface area contributed by atoms with Crippen molar-refractivity contribution in [1.82, 2.24) is 10.3 Å². The van der Waals surface area contributed by atoms with Crippen LogP contribution in [0.2, 0.25) is 0 Å². The molecule has 1 aliphatic rings. The Morgan fingerprint density at radius 2 is 2.41 bits per heavy atom. The quantitative estimate of drug-likeness (QED) is 0.829. The third kappa shape index (κ3) is 2.79. The number of aliphatic hydroxyl groups is 1. The third-order valence-electron chi connectivity index (χ3n) is 3.16. The largest absolute Gasteiger partial charge is 0.393 e. The average Bonchev–Trinajstić information content (AvgIpc) is 2.72. The molecule has 1 aromatic heterocycles. The molecule has 1 fully saturated rings. The van der Waals surface area contributed by atoms with Crippen LogP contribution in [0, 0.1) is 11.7 Å². The summed E-state index contributed by atoms with van der Waals surface area (Å²) in [6.45, 7) is 0.391. The minimum atomic E-state index is -0.628. The summed E-state index contributed by atoms with van der Waals surface area (Å²) in [4.78, 5) is 15.3. The minimum absolute atomic E-state index is 0.00696. The average molecular weight is 238 g/mol. The first-order chi connectivity index (χ1) is 8.18. The fourth-order valence-electron chi connectivity index (χ4n) is 2.13. The normalized spacial score (nSPS) is 23.6. The van der Waals surface area contributed by atoms with E-state index in [0.29, 0.717) is 6.54 Å². The highest BCUT2D eigenvalue weighted by Gasteiger charge is 2.25. The van der Waals surface area contributed by atoms with Crippen molar-refractivity contribution >= 4 is 5.91 Å². The summed E-state index contributed by atoms with van der Waals surface area (Å²) in [5.41, 5.74) is -0.00696. The molecule has 1 heterocycles. The van der Waals surface area contributed by atoms with Crippen LogP contribution < -0.4 is 5.32 Å². The van der Waals surface area contributed by atoms with Gasteiger partial charge in [-0.2, -0.15) is 0 Å². The molecule has 0 spiro atoms. The smallest absolute Gasteiger partial charge is 0.254 e. The molecular formula is C12H15FN2O2. The maximum atomic E-state index is 13.2. The van der Waals surface area contributed by atoms with Crippen LogP contribution in [-0.4, -0.2) is 28.6 Å². The molecule has 1 aromatic rings. The van der Waals surface area contributed by atoms with E-state index >= 15 is 0 Å². The van der Waals surface area contributed by atoms with Gasteiger partial charge in [-0.1, -0.05) is 6.42 Å². The molecule has 0 radical (unpaired) electrons. The van der Waals surface area contributed by atoms with E-state index in [2.05, 4.69) is 10.3 Å². The number of nitrogens with zero attached hydrogens (tertiary/aromatic N) is 1. The second kappa shape index (κ2) is 5.23. The molecule has 0 bridgehead atoms. The number of aliphatic hydroxyl groups excluding tert-OH is 1. The lowest BCUT2D eigenvalue weighted by Crippen LogP contribution is -2.32. The van der Waals surface area contributed by atoms with E-state index in [1.165, 1.54) is 12.3 Å². The van der Waals surface area contributed by atoms with Gasteiger partial charge in [0.05, 0.1) is 17.9 Å². The van der Waals surface area contributed by atoms with Crippen molar-refractivity contribution in [2.45, 2.75) is 25.4 Å². The van der Waals surface area contributed by atoms with Crippen molar-refractivity contribution in [2.24, 2.45) is 5.92 Å². The second-order valence-corrected chi connectivity index (χ2v) is 4.32.